The predicted octanol–water partition coefficient (Wildman–Crippen LogP) is 3.51. The number of aryl methyl sites for hydroxylation is 2. The number of anilines is 2. The van der Waals surface area contributed by atoms with Crippen molar-refractivity contribution in [3.63, 3.8) is 0 Å². The first kappa shape index (κ1) is 19.6. The number of sulfonamides is 1. The minimum absolute atomic E-state index is 0.151. The monoisotopic (exact) mass is 398 g/mol. The van der Waals surface area contributed by atoms with E-state index in [0.717, 1.165) is 11.1 Å². The Balaban J connectivity index is 1.72. The molecule has 0 unspecified atom stereocenters. The Morgan fingerprint density at radius 2 is 1.61 bits per heavy atom. The molecular formula is C20H22N4O3S. The lowest BCUT2D eigenvalue weighted by atomic mass is 10.1. The van der Waals surface area contributed by atoms with Gasteiger partial charge >= 0.3 is 0 Å². The molecule has 0 spiro atoms. The molecule has 8 heteroatoms. The maximum absolute atomic E-state index is 12.7. The van der Waals surface area contributed by atoms with Gasteiger partial charge in [-0.05, 0) is 54.8 Å². The van der Waals surface area contributed by atoms with Crippen LogP contribution in [0.1, 0.15) is 16.7 Å². The van der Waals surface area contributed by atoms with E-state index < -0.39 is 10.0 Å². The molecule has 0 aliphatic heterocycles. The zero-order valence-electron chi connectivity index (χ0n) is 15.9. The molecule has 2 aromatic carbocycles. The first-order chi connectivity index (χ1) is 13.4. The third kappa shape index (κ3) is 4.58. The SMILES string of the molecule is COc1cc(C)c(S(=O)(=O)Nc2ccc(NCc3ccccc3)nn2)cc1C. The zero-order chi connectivity index (χ0) is 20.1. The summed E-state index contributed by atoms with van der Waals surface area (Å²) < 4.78 is 33.2. The maximum Gasteiger partial charge on any atom is 0.263 e. The van der Waals surface area contributed by atoms with E-state index in [1.165, 1.54) is 0 Å². The number of rotatable bonds is 7. The Morgan fingerprint density at radius 1 is 0.929 bits per heavy atom. The van der Waals surface area contributed by atoms with Crippen LogP contribution in [0, 0.1) is 13.8 Å². The number of hydrogen-bond acceptors (Lipinski definition) is 6. The first-order valence-electron chi connectivity index (χ1n) is 8.68. The summed E-state index contributed by atoms with van der Waals surface area (Å²) in [4.78, 5) is 0.180. The van der Waals surface area contributed by atoms with E-state index in [2.05, 4.69) is 20.2 Å². The minimum Gasteiger partial charge on any atom is -0.496 e. The van der Waals surface area contributed by atoms with Crippen LogP contribution < -0.4 is 14.8 Å². The molecule has 2 N–H and O–H groups in total. The van der Waals surface area contributed by atoms with Crippen LogP contribution in [0.5, 0.6) is 5.75 Å². The fraction of sp³-hybridized carbons (Fsp3) is 0.200. The lowest BCUT2D eigenvalue weighted by Gasteiger charge is -2.13. The van der Waals surface area contributed by atoms with Crippen molar-refractivity contribution in [2.75, 3.05) is 17.1 Å². The fourth-order valence-electron chi connectivity index (χ4n) is 2.73. The van der Waals surface area contributed by atoms with Gasteiger partial charge in [0.1, 0.15) is 11.6 Å². The molecule has 28 heavy (non-hydrogen) atoms. The second-order valence-corrected chi connectivity index (χ2v) is 7.99. The Bertz CT molecular complexity index is 1050. The van der Waals surface area contributed by atoms with Crippen LogP contribution >= 0.6 is 0 Å². The summed E-state index contributed by atoms with van der Waals surface area (Å²) in [7, 11) is -2.24. The molecule has 3 rings (SSSR count). The van der Waals surface area contributed by atoms with Crippen molar-refractivity contribution >= 4 is 21.7 Å². The van der Waals surface area contributed by atoms with Gasteiger partial charge in [0, 0.05) is 6.54 Å². The molecule has 0 saturated heterocycles. The van der Waals surface area contributed by atoms with E-state index in [9.17, 15) is 8.42 Å². The molecule has 0 bridgehead atoms. The lowest BCUT2D eigenvalue weighted by molar-refractivity contribution is 0.411. The second kappa shape index (κ2) is 8.26. The van der Waals surface area contributed by atoms with Crippen LogP contribution in [0.15, 0.2) is 59.5 Å². The summed E-state index contributed by atoms with van der Waals surface area (Å²) >= 11 is 0. The van der Waals surface area contributed by atoms with E-state index in [4.69, 9.17) is 4.74 Å². The Kier molecular flexibility index (Phi) is 5.79. The van der Waals surface area contributed by atoms with E-state index in [1.807, 2.05) is 30.3 Å². The topological polar surface area (TPSA) is 93.2 Å². The highest BCUT2D eigenvalue weighted by molar-refractivity contribution is 7.92. The molecule has 0 aliphatic rings. The normalized spacial score (nSPS) is 11.1. The molecule has 1 heterocycles. The standard InChI is InChI=1S/C20H22N4O3S/c1-14-12-18(15(2)11-17(14)27-3)28(25,26)24-20-10-9-19(22-23-20)21-13-16-7-5-4-6-8-16/h4-12H,13H2,1-3H3,(H,21,22)(H,23,24). The fourth-order valence-corrected chi connectivity index (χ4v) is 4.04. The van der Waals surface area contributed by atoms with Crippen molar-refractivity contribution in [2.24, 2.45) is 0 Å². The molecule has 0 aliphatic carbocycles. The van der Waals surface area contributed by atoms with Crippen LogP contribution in [0.25, 0.3) is 0 Å². The quantitative estimate of drug-likeness (QED) is 0.633. The van der Waals surface area contributed by atoms with Crippen LogP contribution in [0.3, 0.4) is 0 Å². The van der Waals surface area contributed by atoms with Crippen molar-refractivity contribution in [2.45, 2.75) is 25.3 Å². The van der Waals surface area contributed by atoms with Crippen LogP contribution in [0.2, 0.25) is 0 Å². The second-order valence-electron chi connectivity index (χ2n) is 6.34. The molecule has 1 aromatic heterocycles. The molecule has 146 valence electrons. The highest BCUT2D eigenvalue weighted by Gasteiger charge is 2.19. The van der Waals surface area contributed by atoms with Gasteiger partial charge in [-0.15, -0.1) is 10.2 Å². The highest BCUT2D eigenvalue weighted by atomic mass is 32.2. The summed E-state index contributed by atoms with van der Waals surface area (Å²) in [5.74, 6) is 1.35. The smallest absolute Gasteiger partial charge is 0.263 e. The molecule has 0 fully saturated rings. The number of nitrogens with zero attached hydrogens (tertiary/aromatic N) is 2. The van der Waals surface area contributed by atoms with E-state index >= 15 is 0 Å². The van der Waals surface area contributed by atoms with E-state index in [1.54, 1.807) is 45.2 Å². The van der Waals surface area contributed by atoms with Gasteiger partial charge in [-0.1, -0.05) is 30.3 Å². The molecule has 7 nitrogen and oxygen atoms in total. The van der Waals surface area contributed by atoms with Gasteiger partial charge in [0.15, 0.2) is 5.82 Å². The van der Waals surface area contributed by atoms with Crippen LogP contribution in [0.4, 0.5) is 11.6 Å². The van der Waals surface area contributed by atoms with Crippen molar-refractivity contribution in [1.82, 2.24) is 10.2 Å². The predicted molar refractivity (Wildman–Crippen MR) is 109 cm³/mol. The molecule has 0 amide bonds. The van der Waals surface area contributed by atoms with E-state index in [0.29, 0.717) is 23.7 Å². The first-order valence-corrected chi connectivity index (χ1v) is 10.2. The van der Waals surface area contributed by atoms with Gasteiger partial charge in [0.25, 0.3) is 10.0 Å². The number of benzene rings is 2. The Morgan fingerprint density at radius 3 is 2.25 bits per heavy atom. The number of ether oxygens (including phenoxy) is 1. The Labute approximate surface area is 164 Å². The van der Waals surface area contributed by atoms with Crippen LogP contribution in [-0.2, 0) is 16.6 Å². The van der Waals surface area contributed by atoms with Gasteiger partial charge in [-0.3, -0.25) is 4.72 Å². The van der Waals surface area contributed by atoms with Gasteiger partial charge < -0.3 is 10.1 Å². The van der Waals surface area contributed by atoms with Crippen LogP contribution in [-0.4, -0.2) is 25.7 Å². The largest absolute Gasteiger partial charge is 0.496 e. The third-order valence-electron chi connectivity index (χ3n) is 4.20. The van der Waals surface area contributed by atoms with Gasteiger partial charge in [0.2, 0.25) is 0 Å². The van der Waals surface area contributed by atoms with Gasteiger partial charge in [0.05, 0.1) is 12.0 Å². The van der Waals surface area contributed by atoms with Crippen molar-refractivity contribution in [1.29, 1.82) is 0 Å². The molecule has 0 atom stereocenters. The molecule has 3 aromatic rings. The maximum atomic E-state index is 12.7. The molecular weight excluding hydrogens is 376 g/mol. The summed E-state index contributed by atoms with van der Waals surface area (Å²) in [6.45, 7) is 4.12. The number of hydrogen-bond donors (Lipinski definition) is 2. The van der Waals surface area contributed by atoms with Crippen molar-refractivity contribution in [3.8, 4) is 5.75 Å². The minimum atomic E-state index is -3.79. The molecule has 0 saturated carbocycles. The summed E-state index contributed by atoms with van der Waals surface area (Å²) in [5.41, 5.74) is 2.43. The number of aromatic nitrogens is 2. The lowest BCUT2D eigenvalue weighted by Crippen LogP contribution is -2.16. The summed E-state index contributed by atoms with van der Waals surface area (Å²) in [6, 6.07) is 16.4. The zero-order valence-corrected chi connectivity index (χ0v) is 16.7. The highest BCUT2D eigenvalue weighted by Crippen LogP contribution is 2.26. The van der Waals surface area contributed by atoms with E-state index in [-0.39, 0.29) is 10.7 Å². The number of methoxy groups -OCH3 is 1. The van der Waals surface area contributed by atoms with Crippen molar-refractivity contribution in [3.05, 3.63) is 71.3 Å². The van der Waals surface area contributed by atoms with Crippen molar-refractivity contribution < 1.29 is 13.2 Å². The third-order valence-corrected chi connectivity index (χ3v) is 5.70. The van der Waals surface area contributed by atoms with Gasteiger partial charge in [-0.25, -0.2) is 8.42 Å². The molecule has 0 radical (unpaired) electrons. The summed E-state index contributed by atoms with van der Waals surface area (Å²) in [6.07, 6.45) is 0. The average Bonchev–Trinajstić information content (AvgIpc) is 2.69. The average molecular weight is 398 g/mol. The van der Waals surface area contributed by atoms with Gasteiger partial charge in [-0.2, -0.15) is 0 Å². The number of nitrogens with one attached hydrogen (secondary N) is 2. The Hall–Kier alpha value is -3.13. The summed E-state index contributed by atoms with van der Waals surface area (Å²) in [5, 5.41) is 11.1.